The summed E-state index contributed by atoms with van der Waals surface area (Å²) in [6.07, 6.45) is 0. The molecule has 1 unspecified atom stereocenters. The minimum absolute atomic E-state index is 0.0478. The molecule has 3 nitrogen and oxygen atoms in total. The Morgan fingerprint density at radius 3 is 2.59 bits per heavy atom. The molecule has 1 atom stereocenters. The van der Waals surface area contributed by atoms with E-state index in [-0.39, 0.29) is 11.7 Å². The van der Waals surface area contributed by atoms with Gasteiger partial charge in [-0.05, 0) is 34.5 Å². The first kappa shape index (κ1) is 18.6. The predicted octanol–water partition coefficient (Wildman–Crippen LogP) is 4.78. The summed E-state index contributed by atoms with van der Waals surface area (Å²) in [5, 5.41) is 2.49. The third kappa shape index (κ3) is 3.41. The summed E-state index contributed by atoms with van der Waals surface area (Å²) in [4.78, 5) is 4.48. The van der Waals surface area contributed by atoms with Gasteiger partial charge in [-0.2, -0.15) is 0 Å². The number of anilines is 1. The topological polar surface area (TPSA) is 15.7 Å². The first-order valence-corrected chi connectivity index (χ1v) is 10.6. The number of halogens is 1. The highest BCUT2D eigenvalue weighted by atomic mass is 19.1. The summed E-state index contributed by atoms with van der Waals surface area (Å²) in [6.45, 7) is 7.52. The van der Waals surface area contributed by atoms with Crippen LogP contribution in [-0.4, -0.2) is 44.3 Å². The number of morpholine rings is 1. The maximum Gasteiger partial charge on any atom is 0.151 e. The Labute approximate surface area is 171 Å². The molecular weight excluding hydrogens is 363 g/mol. The molecule has 5 rings (SSSR count). The minimum atomic E-state index is -0.0478. The summed E-state index contributed by atoms with van der Waals surface area (Å²) in [6, 6.07) is 19.3. The molecule has 1 fully saturated rings. The molecule has 1 saturated heterocycles. The fraction of sp³-hybridized carbons (Fsp3) is 0.360. The van der Waals surface area contributed by atoms with Crippen LogP contribution in [0.1, 0.15) is 29.5 Å². The number of rotatable bonds is 3. The van der Waals surface area contributed by atoms with Gasteiger partial charge in [0.2, 0.25) is 0 Å². The highest BCUT2D eigenvalue weighted by molar-refractivity contribution is 5.83. The zero-order valence-electron chi connectivity index (χ0n) is 16.9. The van der Waals surface area contributed by atoms with Gasteiger partial charge >= 0.3 is 0 Å². The van der Waals surface area contributed by atoms with Gasteiger partial charge in [0.05, 0.1) is 18.9 Å². The van der Waals surface area contributed by atoms with E-state index in [1.54, 1.807) is 0 Å². The van der Waals surface area contributed by atoms with Gasteiger partial charge in [0.1, 0.15) is 0 Å². The second-order valence-electron chi connectivity index (χ2n) is 8.05. The molecule has 2 aliphatic rings. The molecule has 0 saturated carbocycles. The molecule has 29 heavy (non-hydrogen) atoms. The van der Waals surface area contributed by atoms with Gasteiger partial charge < -0.3 is 9.64 Å². The van der Waals surface area contributed by atoms with Crippen molar-refractivity contribution in [1.82, 2.24) is 4.90 Å². The second-order valence-corrected chi connectivity index (χ2v) is 8.05. The Balaban J connectivity index is 1.58. The van der Waals surface area contributed by atoms with Crippen LogP contribution in [0.25, 0.3) is 10.8 Å². The van der Waals surface area contributed by atoms with Gasteiger partial charge in [-0.3, -0.25) is 4.90 Å². The molecule has 3 aromatic rings. The van der Waals surface area contributed by atoms with Crippen LogP contribution in [0.15, 0.2) is 54.6 Å². The summed E-state index contributed by atoms with van der Waals surface area (Å²) < 4.78 is 21.1. The van der Waals surface area contributed by atoms with E-state index < -0.39 is 0 Å². The molecule has 3 aromatic carbocycles. The van der Waals surface area contributed by atoms with Crippen molar-refractivity contribution >= 4 is 16.5 Å². The molecule has 2 aliphatic heterocycles. The molecule has 0 amide bonds. The normalized spacial score (nSPS) is 20.1. The number of ether oxygens (including phenoxy) is 1. The maximum absolute atomic E-state index is 15.7. The molecule has 0 aliphatic carbocycles. The lowest BCUT2D eigenvalue weighted by atomic mass is 9.83. The molecule has 0 bridgehead atoms. The zero-order valence-corrected chi connectivity index (χ0v) is 16.9. The van der Waals surface area contributed by atoms with E-state index in [1.807, 2.05) is 6.07 Å². The standard InChI is InChI=1S/C25H27FN2O/c1-2-27-16-22(20-8-7-18-5-3-4-6-19(18)15-20)21-9-10-24(25(26)23(21)17-27)28-11-13-29-14-12-28/h3-10,15,22H,2,11-14,16-17H2,1H3. The highest BCUT2D eigenvalue weighted by Gasteiger charge is 2.30. The summed E-state index contributed by atoms with van der Waals surface area (Å²) in [7, 11) is 0. The van der Waals surface area contributed by atoms with Gasteiger partial charge in [0, 0.05) is 37.7 Å². The Bertz CT molecular complexity index is 1030. The summed E-state index contributed by atoms with van der Waals surface area (Å²) in [5.74, 6) is 0.143. The second kappa shape index (κ2) is 7.77. The summed E-state index contributed by atoms with van der Waals surface area (Å²) >= 11 is 0. The molecule has 150 valence electrons. The van der Waals surface area contributed by atoms with E-state index in [0.29, 0.717) is 19.8 Å². The van der Waals surface area contributed by atoms with Crippen molar-refractivity contribution < 1.29 is 9.13 Å². The fourth-order valence-electron chi connectivity index (χ4n) is 4.75. The van der Waals surface area contributed by atoms with E-state index in [0.717, 1.165) is 43.0 Å². The lowest BCUT2D eigenvalue weighted by molar-refractivity contribution is 0.122. The van der Waals surface area contributed by atoms with Crippen LogP contribution < -0.4 is 4.90 Å². The van der Waals surface area contributed by atoms with Crippen LogP contribution in [0.4, 0.5) is 10.1 Å². The molecule has 0 aromatic heterocycles. The lowest BCUT2D eigenvalue weighted by Crippen LogP contribution is -2.38. The number of benzene rings is 3. The van der Waals surface area contributed by atoms with Gasteiger partial charge in [-0.15, -0.1) is 0 Å². The van der Waals surface area contributed by atoms with E-state index in [9.17, 15) is 0 Å². The maximum atomic E-state index is 15.7. The monoisotopic (exact) mass is 390 g/mol. The van der Waals surface area contributed by atoms with E-state index in [4.69, 9.17) is 4.74 Å². The van der Waals surface area contributed by atoms with Crippen LogP contribution in [-0.2, 0) is 11.3 Å². The molecule has 0 N–H and O–H groups in total. The van der Waals surface area contributed by atoms with Gasteiger partial charge in [-0.1, -0.05) is 55.5 Å². The van der Waals surface area contributed by atoms with Crippen molar-refractivity contribution in [2.75, 3.05) is 44.3 Å². The fourth-order valence-corrected chi connectivity index (χ4v) is 4.75. The third-order valence-electron chi connectivity index (χ3n) is 6.43. The number of fused-ring (bicyclic) bond motifs is 2. The van der Waals surface area contributed by atoms with Crippen LogP contribution in [0.2, 0.25) is 0 Å². The first-order chi connectivity index (χ1) is 14.2. The largest absolute Gasteiger partial charge is 0.378 e. The average molecular weight is 391 g/mol. The molecular formula is C25H27FN2O. The Morgan fingerprint density at radius 1 is 1.00 bits per heavy atom. The van der Waals surface area contributed by atoms with Crippen LogP contribution >= 0.6 is 0 Å². The average Bonchev–Trinajstić information content (AvgIpc) is 2.79. The zero-order chi connectivity index (χ0) is 19.8. The third-order valence-corrected chi connectivity index (χ3v) is 6.43. The lowest BCUT2D eigenvalue weighted by Gasteiger charge is -2.36. The number of likely N-dealkylation sites (N-methyl/N-ethyl adjacent to an activating group) is 1. The number of hydrogen-bond donors (Lipinski definition) is 0. The molecule has 2 heterocycles. The van der Waals surface area contributed by atoms with Crippen LogP contribution in [0.5, 0.6) is 0 Å². The van der Waals surface area contributed by atoms with Gasteiger partial charge in [0.25, 0.3) is 0 Å². The summed E-state index contributed by atoms with van der Waals surface area (Å²) in [5.41, 5.74) is 3.99. The number of hydrogen-bond acceptors (Lipinski definition) is 3. The van der Waals surface area contributed by atoms with Crippen molar-refractivity contribution in [3.05, 3.63) is 77.1 Å². The van der Waals surface area contributed by atoms with Crippen molar-refractivity contribution in [1.29, 1.82) is 0 Å². The van der Waals surface area contributed by atoms with Crippen molar-refractivity contribution in [3.8, 4) is 0 Å². The molecule has 0 radical (unpaired) electrons. The Morgan fingerprint density at radius 2 is 1.79 bits per heavy atom. The highest BCUT2D eigenvalue weighted by Crippen LogP contribution is 2.38. The Hall–Kier alpha value is -2.43. The Kier molecular flexibility index (Phi) is 4.98. The van der Waals surface area contributed by atoms with E-state index in [2.05, 4.69) is 65.3 Å². The van der Waals surface area contributed by atoms with Crippen molar-refractivity contribution in [3.63, 3.8) is 0 Å². The van der Waals surface area contributed by atoms with Crippen molar-refractivity contribution in [2.45, 2.75) is 19.4 Å². The van der Waals surface area contributed by atoms with E-state index >= 15 is 4.39 Å². The number of nitrogens with zero attached hydrogens (tertiary/aromatic N) is 2. The SMILES string of the molecule is CCN1Cc2c(ccc(N3CCOCC3)c2F)C(c2ccc3ccccc3c2)C1. The molecule has 0 spiro atoms. The van der Waals surface area contributed by atoms with Gasteiger partial charge in [-0.25, -0.2) is 4.39 Å². The first-order valence-electron chi connectivity index (χ1n) is 10.6. The minimum Gasteiger partial charge on any atom is -0.378 e. The quantitative estimate of drug-likeness (QED) is 0.640. The molecule has 4 heteroatoms. The smallest absolute Gasteiger partial charge is 0.151 e. The predicted molar refractivity (Wildman–Crippen MR) is 116 cm³/mol. The van der Waals surface area contributed by atoms with Crippen LogP contribution in [0, 0.1) is 5.82 Å². The van der Waals surface area contributed by atoms with Crippen LogP contribution in [0.3, 0.4) is 0 Å². The van der Waals surface area contributed by atoms with Crippen molar-refractivity contribution in [2.24, 2.45) is 0 Å². The van der Waals surface area contributed by atoms with E-state index in [1.165, 1.54) is 16.3 Å². The van der Waals surface area contributed by atoms with Gasteiger partial charge in [0.15, 0.2) is 5.82 Å².